The first-order chi connectivity index (χ1) is 17.5. The van der Waals surface area contributed by atoms with Gasteiger partial charge in [0.2, 0.25) is 0 Å². The molecule has 2 aliphatic rings. The largest absolute Gasteiger partial charge is 0.380 e. The zero-order chi connectivity index (χ0) is 24.8. The average Bonchev–Trinajstić information content (AvgIpc) is 3.19. The Morgan fingerprint density at radius 2 is 1.89 bits per heavy atom. The van der Waals surface area contributed by atoms with Crippen molar-refractivity contribution in [1.29, 1.82) is 0 Å². The Hall–Kier alpha value is -3.49. The van der Waals surface area contributed by atoms with Crippen molar-refractivity contribution in [3.05, 3.63) is 94.7 Å². The fourth-order valence-corrected chi connectivity index (χ4v) is 5.38. The molecule has 36 heavy (non-hydrogen) atoms. The Balaban J connectivity index is 1.35. The summed E-state index contributed by atoms with van der Waals surface area (Å²) in [5, 5.41) is 4.60. The summed E-state index contributed by atoms with van der Waals surface area (Å²) >= 11 is 0. The van der Waals surface area contributed by atoms with E-state index in [9.17, 15) is 0 Å². The standard InChI is InChI=1S/C28H27F2N5O/c1-16-6-18(8-21(31)7-16)23-4-5-32-12-19(23)11-27-33-13-22-2-3-26(34-35(22)27)28-24(29)9-17(10-25(28)30)20-14-36-15-20/h2-5,7,9-10,12-13,18,20-21H,6,8,11,14-15,31H2,1H3/t18-,21+/m1/s1. The van der Waals surface area contributed by atoms with Crippen LogP contribution in [0.2, 0.25) is 0 Å². The van der Waals surface area contributed by atoms with Crippen LogP contribution in [0, 0.1) is 11.6 Å². The highest BCUT2D eigenvalue weighted by Crippen LogP contribution is 2.35. The number of rotatable bonds is 5. The van der Waals surface area contributed by atoms with E-state index in [1.54, 1.807) is 22.8 Å². The van der Waals surface area contributed by atoms with Gasteiger partial charge in [-0.25, -0.2) is 18.3 Å². The summed E-state index contributed by atoms with van der Waals surface area (Å²) in [5.41, 5.74) is 11.2. The fraction of sp³-hybridized carbons (Fsp3) is 0.321. The predicted molar refractivity (Wildman–Crippen MR) is 133 cm³/mol. The number of imidazole rings is 1. The lowest BCUT2D eigenvalue weighted by Crippen LogP contribution is -2.25. The van der Waals surface area contributed by atoms with E-state index in [-0.39, 0.29) is 23.2 Å². The molecule has 6 nitrogen and oxygen atoms in total. The first-order valence-electron chi connectivity index (χ1n) is 12.2. The molecule has 0 spiro atoms. The molecule has 0 unspecified atom stereocenters. The van der Waals surface area contributed by atoms with Crippen LogP contribution in [-0.4, -0.2) is 38.8 Å². The van der Waals surface area contributed by atoms with Crippen molar-refractivity contribution < 1.29 is 13.5 Å². The minimum Gasteiger partial charge on any atom is -0.380 e. The van der Waals surface area contributed by atoms with Crippen LogP contribution in [-0.2, 0) is 11.2 Å². The summed E-state index contributed by atoms with van der Waals surface area (Å²) in [6.07, 6.45) is 9.85. The molecule has 8 heteroatoms. The Labute approximate surface area is 207 Å². The lowest BCUT2D eigenvalue weighted by molar-refractivity contribution is 0.00822. The molecule has 1 aliphatic heterocycles. The van der Waals surface area contributed by atoms with Gasteiger partial charge in [-0.3, -0.25) is 4.98 Å². The first-order valence-corrected chi connectivity index (χ1v) is 12.2. The second-order valence-corrected chi connectivity index (χ2v) is 9.89. The molecule has 1 aromatic carbocycles. The van der Waals surface area contributed by atoms with E-state index < -0.39 is 11.6 Å². The smallest absolute Gasteiger partial charge is 0.135 e. The number of nitrogens with zero attached hydrogens (tertiary/aromatic N) is 4. The van der Waals surface area contributed by atoms with Crippen molar-refractivity contribution in [1.82, 2.24) is 19.6 Å². The molecule has 1 fully saturated rings. The van der Waals surface area contributed by atoms with Gasteiger partial charge in [-0.15, -0.1) is 0 Å². The second-order valence-electron chi connectivity index (χ2n) is 9.89. The number of ether oxygens (including phenoxy) is 1. The van der Waals surface area contributed by atoms with Crippen LogP contribution in [0.5, 0.6) is 0 Å². The van der Waals surface area contributed by atoms with E-state index in [4.69, 9.17) is 10.5 Å². The summed E-state index contributed by atoms with van der Waals surface area (Å²) in [6, 6.07) is 8.28. The Kier molecular flexibility index (Phi) is 5.85. The van der Waals surface area contributed by atoms with E-state index >= 15 is 8.78 Å². The Morgan fingerprint density at radius 3 is 2.61 bits per heavy atom. The number of halogens is 2. The number of fused-ring (bicyclic) bond motifs is 1. The molecule has 4 heterocycles. The first kappa shape index (κ1) is 22.9. The molecular weight excluding hydrogens is 460 g/mol. The quantitative estimate of drug-likeness (QED) is 0.404. The van der Waals surface area contributed by atoms with Gasteiger partial charge in [0.1, 0.15) is 17.5 Å². The lowest BCUT2D eigenvalue weighted by Gasteiger charge is -2.27. The van der Waals surface area contributed by atoms with Crippen LogP contribution in [0.3, 0.4) is 0 Å². The van der Waals surface area contributed by atoms with Crippen molar-refractivity contribution in [2.24, 2.45) is 5.73 Å². The van der Waals surface area contributed by atoms with Crippen molar-refractivity contribution in [3.63, 3.8) is 0 Å². The van der Waals surface area contributed by atoms with Crippen LogP contribution >= 0.6 is 0 Å². The molecule has 0 saturated carbocycles. The van der Waals surface area contributed by atoms with Crippen molar-refractivity contribution in [3.8, 4) is 11.3 Å². The third-order valence-electron chi connectivity index (χ3n) is 7.24. The van der Waals surface area contributed by atoms with Crippen LogP contribution < -0.4 is 5.73 Å². The summed E-state index contributed by atoms with van der Waals surface area (Å²) in [6.45, 7) is 3.09. The Morgan fingerprint density at radius 1 is 1.08 bits per heavy atom. The minimum atomic E-state index is -0.628. The summed E-state index contributed by atoms with van der Waals surface area (Å²) in [5.74, 6) is -0.238. The van der Waals surface area contributed by atoms with E-state index in [1.165, 1.54) is 23.3 Å². The van der Waals surface area contributed by atoms with Gasteiger partial charge in [-0.05, 0) is 72.7 Å². The third-order valence-corrected chi connectivity index (χ3v) is 7.24. The molecule has 1 saturated heterocycles. The van der Waals surface area contributed by atoms with Crippen LogP contribution in [0.1, 0.15) is 54.1 Å². The van der Waals surface area contributed by atoms with Gasteiger partial charge < -0.3 is 10.5 Å². The predicted octanol–water partition coefficient (Wildman–Crippen LogP) is 4.93. The molecule has 0 bridgehead atoms. The van der Waals surface area contributed by atoms with Gasteiger partial charge >= 0.3 is 0 Å². The lowest BCUT2D eigenvalue weighted by atomic mass is 9.80. The highest BCUT2D eigenvalue weighted by atomic mass is 19.1. The van der Waals surface area contributed by atoms with Crippen LogP contribution in [0.25, 0.3) is 16.8 Å². The number of benzene rings is 1. The number of hydrogen-bond acceptors (Lipinski definition) is 5. The molecule has 6 rings (SSSR count). The summed E-state index contributed by atoms with van der Waals surface area (Å²) < 4.78 is 36.9. The molecule has 0 amide bonds. The maximum Gasteiger partial charge on any atom is 0.135 e. The van der Waals surface area contributed by atoms with Crippen molar-refractivity contribution in [2.75, 3.05) is 13.2 Å². The fourth-order valence-electron chi connectivity index (χ4n) is 5.38. The normalized spacial score (nSPS) is 20.4. The van der Waals surface area contributed by atoms with Crippen molar-refractivity contribution in [2.45, 2.75) is 44.1 Å². The molecule has 0 radical (unpaired) electrons. The molecule has 2 atom stereocenters. The maximum absolute atomic E-state index is 15.0. The van der Waals surface area contributed by atoms with Gasteiger partial charge in [0.25, 0.3) is 0 Å². The molecule has 3 aromatic heterocycles. The Bertz CT molecular complexity index is 1450. The molecule has 2 N–H and O–H groups in total. The average molecular weight is 488 g/mol. The van der Waals surface area contributed by atoms with Gasteiger partial charge in [-0.1, -0.05) is 11.6 Å². The van der Waals surface area contributed by atoms with Gasteiger partial charge in [0.15, 0.2) is 0 Å². The molecule has 1 aliphatic carbocycles. The van der Waals surface area contributed by atoms with Gasteiger partial charge in [-0.2, -0.15) is 5.10 Å². The minimum absolute atomic E-state index is 0.0328. The zero-order valence-corrected chi connectivity index (χ0v) is 20.0. The molecular formula is C28H27F2N5O. The highest BCUT2D eigenvalue weighted by Gasteiger charge is 2.25. The van der Waals surface area contributed by atoms with Crippen molar-refractivity contribution >= 4 is 5.52 Å². The van der Waals surface area contributed by atoms with E-state index in [1.807, 2.05) is 12.4 Å². The van der Waals surface area contributed by atoms with E-state index in [0.717, 1.165) is 23.9 Å². The zero-order valence-electron chi connectivity index (χ0n) is 20.0. The van der Waals surface area contributed by atoms with E-state index in [0.29, 0.717) is 36.9 Å². The summed E-state index contributed by atoms with van der Waals surface area (Å²) in [7, 11) is 0. The maximum atomic E-state index is 15.0. The number of allylic oxidation sites excluding steroid dienone is 1. The van der Waals surface area contributed by atoms with Crippen LogP contribution in [0.15, 0.2) is 60.6 Å². The van der Waals surface area contributed by atoms with Crippen LogP contribution in [0.4, 0.5) is 8.78 Å². The molecule has 4 aromatic rings. The third kappa shape index (κ3) is 4.20. The van der Waals surface area contributed by atoms with E-state index in [2.05, 4.69) is 34.1 Å². The number of aromatic nitrogens is 4. The van der Waals surface area contributed by atoms with Gasteiger partial charge in [0, 0.05) is 30.8 Å². The topological polar surface area (TPSA) is 78.3 Å². The van der Waals surface area contributed by atoms with Gasteiger partial charge in [0.05, 0.1) is 36.2 Å². The number of hydrogen-bond donors (Lipinski definition) is 1. The summed E-state index contributed by atoms with van der Waals surface area (Å²) in [4.78, 5) is 8.93. The second kappa shape index (κ2) is 9.19. The number of nitrogens with two attached hydrogens (primary N) is 1. The molecule has 184 valence electrons. The number of pyridine rings is 1. The highest BCUT2D eigenvalue weighted by molar-refractivity contribution is 5.63. The SMILES string of the molecule is CC1=C[C@H](N)C[C@H](c2ccncc2Cc2ncc3ccc(-c4c(F)cc(C5COC5)cc4F)nn23)C1. The monoisotopic (exact) mass is 487 g/mol.